The highest BCUT2D eigenvalue weighted by Crippen LogP contribution is 2.12. The van der Waals surface area contributed by atoms with Crippen LogP contribution in [-0.4, -0.2) is 17.9 Å². The average molecular weight is 379 g/mol. The van der Waals surface area contributed by atoms with Crippen molar-refractivity contribution in [2.45, 2.75) is 26.4 Å². The van der Waals surface area contributed by atoms with Crippen LogP contribution in [0.5, 0.6) is 0 Å². The van der Waals surface area contributed by atoms with E-state index in [9.17, 15) is 9.59 Å². The lowest BCUT2D eigenvalue weighted by molar-refractivity contribution is -0.124. The minimum absolute atomic E-state index is 0.0542. The summed E-state index contributed by atoms with van der Waals surface area (Å²) < 4.78 is 0. The Bertz CT molecular complexity index is 728. The molecule has 2 rings (SSSR count). The molecule has 2 aromatic rings. The molecule has 6 heteroatoms. The summed E-state index contributed by atoms with van der Waals surface area (Å²) in [6.07, 6.45) is 0. The topological polar surface area (TPSA) is 58.2 Å². The number of hydrogen-bond donors (Lipinski definition) is 2. The van der Waals surface area contributed by atoms with Gasteiger partial charge >= 0.3 is 0 Å². The summed E-state index contributed by atoms with van der Waals surface area (Å²) >= 11 is 11.7. The number of rotatable bonds is 6. The lowest BCUT2D eigenvalue weighted by atomic mass is 10.0. The zero-order valence-corrected chi connectivity index (χ0v) is 15.6. The first-order valence-electron chi connectivity index (χ1n) is 7.95. The van der Waals surface area contributed by atoms with Crippen molar-refractivity contribution in [1.82, 2.24) is 10.6 Å². The maximum atomic E-state index is 12.5. The highest BCUT2D eigenvalue weighted by molar-refractivity contribution is 6.30. The van der Waals surface area contributed by atoms with Crippen LogP contribution in [0.25, 0.3) is 0 Å². The summed E-state index contributed by atoms with van der Waals surface area (Å²) in [7, 11) is 0. The van der Waals surface area contributed by atoms with Gasteiger partial charge < -0.3 is 10.6 Å². The maximum absolute atomic E-state index is 12.5. The molecular formula is C19H20Cl2N2O2. The van der Waals surface area contributed by atoms with Crippen LogP contribution in [-0.2, 0) is 11.3 Å². The molecule has 0 fully saturated rings. The van der Waals surface area contributed by atoms with Crippen molar-refractivity contribution < 1.29 is 9.59 Å². The van der Waals surface area contributed by atoms with E-state index in [1.54, 1.807) is 36.4 Å². The van der Waals surface area contributed by atoms with E-state index in [2.05, 4.69) is 10.6 Å². The highest BCUT2D eigenvalue weighted by Gasteiger charge is 2.24. The largest absolute Gasteiger partial charge is 0.350 e. The van der Waals surface area contributed by atoms with E-state index in [1.807, 2.05) is 26.0 Å². The third kappa shape index (κ3) is 5.76. The Morgan fingerprint density at radius 2 is 1.44 bits per heavy atom. The van der Waals surface area contributed by atoms with Crippen molar-refractivity contribution in [1.29, 1.82) is 0 Å². The molecule has 2 aromatic carbocycles. The fraction of sp³-hybridized carbons (Fsp3) is 0.263. The molecule has 25 heavy (non-hydrogen) atoms. The van der Waals surface area contributed by atoms with Crippen LogP contribution < -0.4 is 10.6 Å². The Balaban J connectivity index is 1.98. The summed E-state index contributed by atoms with van der Waals surface area (Å²) in [6, 6.07) is 13.1. The number of carbonyl (C=O) groups is 2. The van der Waals surface area contributed by atoms with Gasteiger partial charge in [-0.15, -0.1) is 0 Å². The van der Waals surface area contributed by atoms with Gasteiger partial charge in [0.2, 0.25) is 5.91 Å². The normalized spacial score (nSPS) is 11.9. The van der Waals surface area contributed by atoms with Crippen molar-refractivity contribution in [3.05, 3.63) is 69.7 Å². The van der Waals surface area contributed by atoms with Gasteiger partial charge in [0.15, 0.2) is 0 Å². The smallest absolute Gasteiger partial charge is 0.251 e. The Labute approximate surface area is 157 Å². The molecule has 0 saturated carbocycles. The maximum Gasteiger partial charge on any atom is 0.251 e. The molecule has 4 nitrogen and oxygen atoms in total. The number of nitrogens with one attached hydrogen (secondary N) is 2. The lowest BCUT2D eigenvalue weighted by Gasteiger charge is -2.22. The first kappa shape index (κ1) is 19.3. The number of amides is 2. The molecule has 0 radical (unpaired) electrons. The quantitative estimate of drug-likeness (QED) is 0.795. The van der Waals surface area contributed by atoms with E-state index in [-0.39, 0.29) is 17.7 Å². The van der Waals surface area contributed by atoms with Gasteiger partial charge in [-0.25, -0.2) is 0 Å². The van der Waals surface area contributed by atoms with Crippen molar-refractivity contribution in [3.63, 3.8) is 0 Å². The van der Waals surface area contributed by atoms with Gasteiger partial charge in [-0.05, 0) is 47.9 Å². The summed E-state index contributed by atoms with van der Waals surface area (Å²) in [5.74, 6) is -0.592. The molecule has 0 heterocycles. The molecule has 2 N–H and O–H groups in total. The van der Waals surface area contributed by atoms with Gasteiger partial charge in [0, 0.05) is 22.2 Å². The second-order valence-electron chi connectivity index (χ2n) is 6.05. The van der Waals surface area contributed by atoms with Gasteiger partial charge in [-0.1, -0.05) is 49.2 Å². The minimum atomic E-state index is -0.629. The molecule has 0 aliphatic carbocycles. The average Bonchev–Trinajstić information content (AvgIpc) is 2.59. The molecule has 0 spiro atoms. The van der Waals surface area contributed by atoms with Gasteiger partial charge in [-0.2, -0.15) is 0 Å². The molecular weight excluding hydrogens is 359 g/mol. The van der Waals surface area contributed by atoms with E-state index in [0.29, 0.717) is 22.2 Å². The predicted octanol–water partition coefficient (Wildman–Crippen LogP) is 4.06. The van der Waals surface area contributed by atoms with Gasteiger partial charge in [-0.3, -0.25) is 9.59 Å². The first-order valence-corrected chi connectivity index (χ1v) is 8.71. The van der Waals surface area contributed by atoms with Crippen molar-refractivity contribution in [2.75, 3.05) is 0 Å². The highest BCUT2D eigenvalue weighted by atomic mass is 35.5. The summed E-state index contributed by atoms with van der Waals surface area (Å²) in [5, 5.41) is 6.83. The minimum Gasteiger partial charge on any atom is -0.350 e. The van der Waals surface area contributed by atoms with Crippen LogP contribution in [0.3, 0.4) is 0 Å². The standard InChI is InChI=1S/C19H20Cl2N2O2/c1-12(2)17(23-18(24)14-5-9-16(21)10-6-14)19(25)22-11-13-3-7-15(20)8-4-13/h3-10,12,17H,11H2,1-2H3,(H,22,25)(H,23,24)/t17-/m0/s1. The summed E-state index contributed by atoms with van der Waals surface area (Å²) in [4.78, 5) is 24.8. The zero-order chi connectivity index (χ0) is 18.4. The molecule has 132 valence electrons. The molecule has 0 bridgehead atoms. The Kier molecular flexibility index (Phi) is 6.85. The predicted molar refractivity (Wildman–Crippen MR) is 101 cm³/mol. The second-order valence-corrected chi connectivity index (χ2v) is 6.92. The molecule has 0 saturated heterocycles. The van der Waals surface area contributed by atoms with Crippen LogP contribution in [0.15, 0.2) is 48.5 Å². The monoisotopic (exact) mass is 378 g/mol. The van der Waals surface area contributed by atoms with Gasteiger partial charge in [0.05, 0.1) is 0 Å². The summed E-state index contributed by atoms with van der Waals surface area (Å²) in [5.41, 5.74) is 1.39. The summed E-state index contributed by atoms with van der Waals surface area (Å²) in [6.45, 7) is 4.14. The third-order valence-electron chi connectivity index (χ3n) is 3.72. The van der Waals surface area contributed by atoms with Crippen molar-refractivity contribution in [3.8, 4) is 0 Å². The Morgan fingerprint density at radius 1 is 0.920 bits per heavy atom. The van der Waals surface area contributed by atoms with Crippen LogP contribution in [0.1, 0.15) is 29.8 Å². The third-order valence-corrected chi connectivity index (χ3v) is 4.23. The van der Waals surface area contributed by atoms with Crippen molar-refractivity contribution in [2.24, 2.45) is 5.92 Å². The molecule has 2 amide bonds. The second kappa shape index (κ2) is 8.88. The number of benzene rings is 2. The first-order chi connectivity index (χ1) is 11.9. The Hall–Kier alpha value is -2.04. The molecule has 0 aromatic heterocycles. The van der Waals surface area contributed by atoms with E-state index in [0.717, 1.165) is 5.56 Å². The van der Waals surface area contributed by atoms with E-state index in [1.165, 1.54) is 0 Å². The molecule has 1 atom stereocenters. The molecule has 0 unspecified atom stereocenters. The zero-order valence-electron chi connectivity index (χ0n) is 14.1. The van der Waals surface area contributed by atoms with E-state index < -0.39 is 6.04 Å². The van der Waals surface area contributed by atoms with Crippen LogP contribution in [0.4, 0.5) is 0 Å². The lowest BCUT2D eigenvalue weighted by Crippen LogP contribution is -2.49. The van der Waals surface area contributed by atoms with E-state index in [4.69, 9.17) is 23.2 Å². The van der Waals surface area contributed by atoms with E-state index >= 15 is 0 Å². The van der Waals surface area contributed by atoms with Crippen LogP contribution in [0.2, 0.25) is 10.0 Å². The van der Waals surface area contributed by atoms with Gasteiger partial charge in [0.25, 0.3) is 5.91 Å². The van der Waals surface area contributed by atoms with Crippen LogP contribution in [0, 0.1) is 5.92 Å². The number of hydrogen-bond acceptors (Lipinski definition) is 2. The van der Waals surface area contributed by atoms with Crippen LogP contribution >= 0.6 is 23.2 Å². The van der Waals surface area contributed by atoms with Gasteiger partial charge in [0.1, 0.15) is 6.04 Å². The molecule has 0 aliphatic rings. The molecule has 0 aliphatic heterocycles. The SMILES string of the molecule is CC(C)[C@H](NC(=O)c1ccc(Cl)cc1)C(=O)NCc1ccc(Cl)cc1. The number of carbonyl (C=O) groups excluding carboxylic acids is 2. The fourth-order valence-corrected chi connectivity index (χ4v) is 2.51. The number of halogens is 2. The fourth-order valence-electron chi connectivity index (χ4n) is 2.26. The van der Waals surface area contributed by atoms with Crippen molar-refractivity contribution >= 4 is 35.0 Å². The Morgan fingerprint density at radius 3 is 1.96 bits per heavy atom.